The first kappa shape index (κ1) is 18.7. The van der Waals surface area contributed by atoms with Crippen LogP contribution in [0.2, 0.25) is 0 Å². The van der Waals surface area contributed by atoms with Crippen LogP contribution in [-0.4, -0.2) is 30.0 Å². The van der Waals surface area contributed by atoms with E-state index in [4.69, 9.17) is 4.74 Å². The number of amides is 1. The van der Waals surface area contributed by atoms with Gasteiger partial charge in [-0.1, -0.05) is 48.5 Å². The minimum Gasteiger partial charge on any atom is -0.451 e. The summed E-state index contributed by atoms with van der Waals surface area (Å²) in [6.07, 6.45) is 0.360. The maximum atomic E-state index is 13.5. The number of nitrogens with zero attached hydrogens (tertiary/aromatic N) is 1. The molecule has 0 radical (unpaired) electrons. The summed E-state index contributed by atoms with van der Waals surface area (Å²) in [5.74, 6) is -1.41. The van der Waals surface area contributed by atoms with Gasteiger partial charge in [-0.25, -0.2) is 14.2 Å². The van der Waals surface area contributed by atoms with Crippen molar-refractivity contribution in [1.82, 2.24) is 10.3 Å². The number of hydrogen-bond donors (Lipinski definition) is 1. The fraction of sp³-hybridized carbons (Fsp3) is 0.150. The lowest BCUT2D eigenvalue weighted by atomic mass is 10.1. The molecule has 0 saturated heterocycles. The summed E-state index contributed by atoms with van der Waals surface area (Å²) in [6, 6.07) is 15.9. The number of aromatic nitrogens is 1. The number of rotatable bonds is 7. The highest BCUT2D eigenvalue weighted by atomic mass is 32.1. The van der Waals surface area contributed by atoms with E-state index in [1.807, 2.05) is 30.3 Å². The number of carbonyl (C=O) groups is 2. The highest BCUT2D eigenvalue weighted by molar-refractivity contribution is 7.13. The molecule has 1 heterocycles. The fourth-order valence-corrected chi connectivity index (χ4v) is 3.17. The molecule has 5 nitrogen and oxygen atoms in total. The first-order chi connectivity index (χ1) is 13.1. The summed E-state index contributed by atoms with van der Waals surface area (Å²) in [5.41, 5.74) is 1.59. The molecule has 0 spiro atoms. The van der Waals surface area contributed by atoms with Gasteiger partial charge < -0.3 is 10.1 Å². The van der Waals surface area contributed by atoms with Gasteiger partial charge in [0.25, 0.3) is 5.91 Å². The highest BCUT2D eigenvalue weighted by Crippen LogP contribution is 2.23. The number of ether oxygens (including phenoxy) is 1. The first-order valence-corrected chi connectivity index (χ1v) is 9.19. The van der Waals surface area contributed by atoms with E-state index in [0.717, 1.165) is 5.56 Å². The molecule has 0 bridgehead atoms. The second kappa shape index (κ2) is 9.05. The Kier molecular flexibility index (Phi) is 6.27. The topological polar surface area (TPSA) is 68.3 Å². The van der Waals surface area contributed by atoms with Gasteiger partial charge in [-0.2, -0.15) is 0 Å². The lowest BCUT2D eigenvalue weighted by Crippen LogP contribution is -2.30. The lowest BCUT2D eigenvalue weighted by molar-refractivity contribution is -0.124. The van der Waals surface area contributed by atoms with Crippen molar-refractivity contribution in [3.05, 3.63) is 77.1 Å². The van der Waals surface area contributed by atoms with Crippen LogP contribution in [0.3, 0.4) is 0 Å². The second-order valence-electron chi connectivity index (χ2n) is 5.67. The standard InChI is InChI=1S/C20H17FN2O3S/c21-16-9-5-4-6-14(16)10-11-22-18(24)12-26-20(25)17-13-27-19(23-17)15-7-2-1-3-8-15/h1-9,13H,10-12H2,(H,22,24). The van der Waals surface area contributed by atoms with Crippen LogP contribution in [0.15, 0.2) is 60.0 Å². The van der Waals surface area contributed by atoms with Gasteiger partial charge in [0.1, 0.15) is 10.8 Å². The molecule has 0 saturated carbocycles. The number of carbonyl (C=O) groups excluding carboxylic acids is 2. The van der Waals surface area contributed by atoms with Gasteiger partial charge in [-0.15, -0.1) is 11.3 Å². The van der Waals surface area contributed by atoms with Crippen LogP contribution in [0.5, 0.6) is 0 Å². The zero-order valence-electron chi connectivity index (χ0n) is 14.4. The van der Waals surface area contributed by atoms with Gasteiger partial charge in [-0.3, -0.25) is 4.79 Å². The molecule has 0 aliphatic carbocycles. The molecule has 2 aromatic carbocycles. The zero-order chi connectivity index (χ0) is 19.1. The molecule has 1 N–H and O–H groups in total. The van der Waals surface area contributed by atoms with E-state index in [2.05, 4.69) is 10.3 Å². The number of benzene rings is 2. The maximum absolute atomic E-state index is 13.5. The Hall–Kier alpha value is -3.06. The van der Waals surface area contributed by atoms with Crippen molar-refractivity contribution >= 4 is 23.2 Å². The van der Waals surface area contributed by atoms with Crippen molar-refractivity contribution in [2.45, 2.75) is 6.42 Å². The number of hydrogen-bond acceptors (Lipinski definition) is 5. The van der Waals surface area contributed by atoms with E-state index in [1.54, 1.807) is 23.6 Å². The van der Waals surface area contributed by atoms with Gasteiger partial charge in [0.05, 0.1) is 0 Å². The Morgan fingerprint density at radius 3 is 2.59 bits per heavy atom. The molecular weight excluding hydrogens is 367 g/mol. The van der Waals surface area contributed by atoms with Crippen LogP contribution >= 0.6 is 11.3 Å². The van der Waals surface area contributed by atoms with Crippen LogP contribution in [0.25, 0.3) is 10.6 Å². The van der Waals surface area contributed by atoms with Crippen molar-refractivity contribution in [1.29, 1.82) is 0 Å². The van der Waals surface area contributed by atoms with E-state index in [9.17, 15) is 14.0 Å². The van der Waals surface area contributed by atoms with Crippen LogP contribution in [0.1, 0.15) is 16.1 Å². The molecule has 0 fully saturated rings. The van der Waals surface area contributed by atoms with Crippen LogP contribution < -0.4 is 5.32 Å². The maximum Gasteiger partial charge on any atom is 0.358 e. The fourth-order valence-electron chi connectivity index (χ4n) is 2.37. The van der Waals surface area contributed by atoms with Crippen LogP contribution in [0, 0.1) is 5.82 Å². The first-order valence-electron chi connectivity index (χ1n) is 8.31. The monoisotopic (exact) mass is 384 g/mol. The molecule has 3 aromatic rings. The summed E-state index contributed by atoms with van der Waals surface area (Å²) in [6.45, 7) is -0.152. The van der Waals surface area contributed by atoms with Crippen LogP contribution in [-0.2, 0) is 16.0 Å². The van der Waals surface area contributed by atoms with Crippen molar-refractivity contribution in [2.75, 3.05) is 13.2 Å². The molecule has 27 heavy (non-hydrogen) atoms. The minimum absolute atomic E-state index is 0.165. The van der Waals surface area contributed by atoms with Gasteiger partial charge in [0, 0.05) is 17.5 Å². The number of halogens is 1. The Morgan fingerprint density at radius 2 is 1.81 bits per heavy atom. The van der Waals surface area contributed by atoms with Crippen molar-refractivity contribution in [3.63, 3.8) is 0 Å². The average Bonchev–Trinajstić information content (AvgIpc) is 3.19. The average molecular weight is 384 g/mol. The predicted octanol–water partition coefficient (Wildman–Crippen LogP) is 3.46. The van der Waals surface area contributed by atoms with E-state index in [-0.39, 0.29) is 18.1 Å². The summed E-state index contributed by atoms with van der Waals surface area (Å²) in [7, 11) is 0. The SMILES string of the molecule is O=C(COC(=O)c1csc(-c2ccccc2)n1)NCCc1ccccc1F. The van der Waals surface area contributed by atoms with E-state index < -0.39 is 18.5 Å². The number of nitrogens with one attached hydrogen (secondary N) is 1. The van der Waals surface area contributed by atoms with E-state index in [0.29, 0.717) is 17.0 Å². The second-order valence-corrected chi connectivity index (χ2v) is 6.53. The van der Waals surface area contributed by atoms with Gasteiger partial charge in [0.15, 0.2) is 12.3 Å². The quantitative estimate of drug-likeness (QED) is 0.634. The molecule has 0 aliphatic rings. The lowest BCUT2D eigenvalue weighted by Gasteiger charge is -2.06. The number of esters is 1. The molecule has 138 valence electrons. The van der Waals surface area contributed by atoms with Crippen molar-refractivity contribution < 1.29 is 18.7 Å². The predicted molar refractivity (Wildman–Crippen MR) is 101 cm³/mol. The molecule has 0 aliphatic heterocycles. The summed E-state index contributed by atoms with van der Waals surface area (Å²) in [4.78, 5) is 28.0. The Labute approximate surface area is 159 Å². The summed E-state index contributed by atoms with van der Waals surface area (Å²) in [5, 5.41) is 4.90. The van der Waals surface area contributed by atoms with E-state index in [1.165, 1.54) is 17.4 Å². The molecule has 0 unspecified atom stereocenters. The molecule has 1 aromatic heterocycles. The molecule has 1 amide bonds. The molecule has 3 rings (SSSR count). The van der Waals surface area contributed by atoms with Gasteiger partial charge in [0.2, 0.25) is 0 Å². The number of thiazole rings is 1. The largest absolute Gasteiger partial charge is 0.451 e. The summed E-state index contributed by atoms with van der Waals surface area (Å²) >= 11 is 1.33. The Morgan fingerprint density at radius 1 is 1.07 bits per heavy atom. The van der Waals surface area contributed by atoms with E-state index >= 15 is 0 Å². The van der Waals surface area contributed by atoms with Crippen LogP contribution in [0.4, 0.5) is 4.39 Å². The molecule has 0 atom stereocenters. The normalized spacial score (nSPS) is 10.4. The third-order valence-electron chi connectivity index (χ3n) is 3.74. The Balaban J connectivity index is 1.44. The van der Waals surface area contributed by atoms with Gasteiger partial charge >= 0.3 is 5.97 Å². The minimum atomic E-state index is -0.655. The van der Waals surface area contributed by atoms with Gasteiger partial charge in [-0.05, 0) is 18.1 Å². The summed E-state index contributed by atoms with van der Waals surface area (Å²) < 4.78 is 18.5. The third kappa shape index (κ3) is 5.21. The molecular formula is C20H17FN2O3S. The van der Waals surface area contributed by atoms with Crippen molar-refractivity contribution in [2.24, 2.45) is 0 Å². The van der Waals surface area contributed by atoms with Crippen molar-refractivity contribution in [3.8, 4) is 10.6 Å². The third-order valence-corrected chi connectivity index (χ3v) is 4.63. The Bertz CT molecular complexity index is 928. The smallest absolute Gasteiger partial charge is 0.358 e. The zero-order valence-corrected chi connectivity index (χ0v) is 15.2. The highest BCUT2D eigenvalue weighted by Gasteiger charge is 2.14. The molecule has 7 heteroatoms.